The Labute approximate surface area is 463 Å². The number of hydrogen-bond acceptors (Lipinski definition) is 14. The van der Waals surface area contributed by atoms with Crippen LogP contribution in [0.1, 0.15) is 76.2 Å². The van der Waals surface area contributed by atoms with Gasteiger partial charge in [-0.1, -0.05) is 54.4 Å². The molecular formula is C57H74ClN9O8S2. The number of rotatable bonds is 18. The zero-order valence-corrected chi connectivity index (χ0v) is 47.4. The lowest BCUT2D eigenvalue weighted by atomic mass is 9.71. The second-order valence-corrected chi connectivity index (χ2v) is 25.3. The average Bonchev–Trinajstić information content (AvgIpc) is 3.41. The number of ether oxygens (including phenoxy) is 1. The van der Waals surface area contributed by atoms with E-state index in [0.29, 0.717) is 49.9 Å². The van der Waals surface area contributed by atoms with Gasteiger partial charge in [0.1, 0.15) is 11.3 Å². The van der Waals surface area contributed by atoms with Crippen LogP contribution in [-0.2, 0) is 19.6 Å². The molecule has 77 heavy (non-hydrogen) atoms. The molecule has 0 aromatic heterocycles. The molecule has 4 aliphatic rings. The molecule has 0 bridgehead atoms. The summed E-state index contributed by atoms with van der Waals surface area (Å²) < 4.78 is 35.1. The summed E-state index contributed by atoms with van der Waals surface area (Å²) in [5.41, 5.74) is 4.39. The summed E-state index contributed by atoms with van der Waals surface area (Å²) in [6.45, 7) is 21.0. The van der Waals surface area contributed by atoms with Gasteiger partial charge in [0.2, 0.25) is 5.91 Å². The molecule has 17 nitrogen and oxygen atoms in total. The molecule has 0 spiro atoms. The molecule has 3 fully saturated rings. The highest BCUT2D eigenvalue weighted by atomic mass is 35.5. The number of piperazine rings is 3. The number of hydrogen-bond donors (Lipinski definition) is 2. The third-order valence-corrected chi connectivity index (χ3v) is 17.8. The maximum absolute atomic E-state index is 13.7. The number of carbonyl (C=O) groups is 3. The van der Waals surface area contributed by atoms with E-state index in [9.17, 15) is 32.9 Å². The van der Waals surface area contributed by atoms with Crippen molar-refractivity contribution < 1.29 is 32.5 Å². The first-order valence-corrected chi connectivity index (χ1v) is 29.6. The second-order valence-electron chi connectivity index (χ2n) is 22.1. The minimum absolute atomic E-state index is 0.0529. The molecular weight excluding hydrogens is 1040 g/mol. The van der Waals surface area contributed by atoms with Crippen molar-refractivity contribution in [1.29, 1.82) is 0 Å². The van der Waals surface area contributed by atoms with E-state index >= 15 is 0 Å². The molecule has 4 aromatic rings. The minimum atomic E-state index is -4.50. The predicted octanol–water partition coefficient (Wildman–Crippen LogP) is 8.81. The van der Waals surface area contributed by atoms with Crippen LogP contribution in [-0.4, -0.2) is 171 Å². The summed E-state index contributed by atoms with van der Waals surface area (Å²) >= 11 is 7.95. The predicted molar refractivity (Wildman–Crippen MR) is 305 cm³/mol. The highest BCUT2D eigenvalue weighted by Crippen LogP contribution is 2.44. The fourth-order valence-corrected chi connectivity index (χ4v) is 12.9. The van der Waals surface area contributed by atoms with Gasteiger partial charge < -0.3 is 24.8 Å². The van der Waals surface area contributed by atoms with Crippen LogP contribution in [0.3, 0.4) is 0 Å². The molecule has 2 N–H and O–H groups in total. The van der Waals surface area contributed by atoms with Gasteiger partial charge in [-0.25, -0.2) is 17.9 Å². The Bertz CT molecular complexity index is 2850. The van der Waals surface area contributed by atoms with Crippen molar-refractivity contribution in [3.05, 3.63) is 129 Å². The van der Waals surface area contributed by atoms with Crippen molar-refractivity contribution in [3.63, 3.8) is 0 Å². The number of anilines is 2. The van der Waals surface area contributed by atoms with Crippen LogP contribution in [0, 0.1) is 15.5 Å². The monoisotopic (exact) mass is 1110 g/mol. The lowest BCUT2D eigenvalue weighted by Crippen LogP contribution is -2.52. The topological polar surface area (TPSA) is 181 Å². The third kappa shape index (κ3) is 16.0. The van der Waals surface area contributed by atoms with Crippen LogP contribution in [0.5, 0.6) is 0 Å². The van der Waals surface area contributed by atoms with E-state index in [1.807, 2.05) is 85.2 Å². The molecule has 3 aliphatic heterocycles. The smallest absolute Gasteiger partial charge is 0.410 e. The zero-order chi connectivity index (χ0) is 54.9. The molecule has 414 valence electrons. The Kier molecular flexibility index (Phi) is 19.0. The molecule has 1 aliphatic carbocycles. The van der Waals surface area contributed by atoms with Gasteiger partial charge in [-0.15, -0.1) is 11.8 Å². The van der Waals surface area contributed by atoms with Gasteiger partial charge in [0, 0.05) is 144 Å². The van der Waals surface area contributed by atoms with E-state index in [1.165, 1.54) is 28.8 Å². The summed E-state index contributed by atoms with van der Waals surface area (Å²) in [6.07, 6.45) is 3.40. The highest BCUT2D eigenvalue weighted by Gasteiger charge is 2.36. The standard InChI is InChI=1S/C57H74ClN9O8S2/c1-42(68)64-31-25-61(26-32-64)24-22-47(40-76-49-9-7-6-8-10-49)59-52-20-19-50(37-53(52)67(71)72)77(73,74)60-54(69)44-13-17-48(18-14-44)65-33-27-62(28-34-65)39-45-38-57(5,23-21-51(45)43-11-15-46(58)16-12-43)41-63-29-35-66(36-30-63)55(70)75-56(2,3)4/h6-20,37,47,59H,21-36,38-41H2,1-5H3,(H,60,69)/t47-,57?/m1/s1. The van der Waals surface area contributed by atoms with Gasteiger partial charge in [-0.3, -0.25) is 34.4 Å². The van der Waals surface area contributed by atoms with Crippen molar-refractivity contribution >= 4 is 73.9 Å². The van der Waals surface area contributed by atoms with Crippen molar-refractivity contribution in [2.24, 2.45) is 5.41 Å². The Balaban J connectivity index is 0.863. The van der Waals surface area contributed by atoms with Crippen molar-refractivity contribution in [2.45, 2.75) is 81.7 Å². The van der Waals surface area contributed by atoms with Gasteiger partial charge in [0.25, 0.3) is 21.6 Å². The Morgan fingerprint density at radius 3 is 2.09 bits per heavy atom. The van der Waals surface area contributed by atoms with Crippen LogP contribution >= 0.6 is 23.4 Å². The number of sulfonamides is 1. The number of benzene rings is 4. The van der Waals surface area contributed by atoms with Crippen LogP contribution in [0.25, 0.3) is 5.57 Å². The Hall–Kier alpha value is -5.70. The normalized spacial score (nSPS) is 19.7. The molecule has 1 unspecified atom stereocenters. The number of allylic oxidation sites excluding steroid dienone is 1. The SMILES string of the molecule is CC(=O)N1CCN(CC[C@H](CSc2ccccc2)Nc2ccc(S(=O)(=O)NC(=O)c3ccc(N4CCN(CC5=C(c6ccc(Cl)cc6)CCC(C)(CN6CCN(C(=O)OC(C)(C)C)CC6)C5)CC4)cc3)cc2[N+](=O)[O-])CC1. The van der Waals surface area contributed by atoms with E-state index in [2.05, 4.69) is 48.7 Å². The fourth-order valence-electron chi connectivity index (χ4n) is 10.8. The quantitative estimate of drug-likeness (QED) is 0.0548. The van der Waals surface area contributed by atoms with Crippen molar-refractivity contribution in [1.82, 2.24) is 29.2 Å². The number of nitro groups is 1. The number of amides is 3. The maximum atomic E-state index is 13.7. The van der Waals surface area contributed by atoms with E-state index in [1.54, 1.807) is 30.8 Å². The first kappa shape index (κ1) is 57.5. The van der Waals surface area contributed by atoms with Gasteiger partial charge in [0.15, 0.2) is 0 Å². The third-order valence-electron chi connectivity index (χ3n) is 15.0. The first-order chi connectivity index (χ1) is 36.7. The van der Waals surface area contributed by atoms with Crippen molar-refractivity contribution in [2.75, 3.05) is 114 Å². The van der Waals surface area contributed by atoms with Gasteiger partial charge in [-0.2, -0.15) is 0 Å². The molecule has 2 atom stereocenters. The molecule has 0 saturated carbocycles. The number of thioether (sulfide) groups is 1. The van der Waals surface area contributed by atoms with Crippen molar-refractivity contribution in [3.8, 4) is 0 Å². The first-order valence-electron chi connectivity index (χ1n) is 26.7. The second kappa shape index (κ2) is 25.4. The van der Waals surface area contributed by atoms with E-state index < -0.39 is 37.0 Å². The molecule has 8 rings (SSSR count). The van der Waals surface area contributed by atoms with Gasteiger partial charge >= 0.3 is 6.09 Å². The molecule has 4 aromatic carbocycles. The molecule has 0 radical (unpaired) electrons. The average molecular weight is 1110 g/mol. The number of nitro benzene ring substituents is 1. The van der Waals surface area contributed by atoms with Crippen LogP contribution in [0.4, 0.5) is 21.9 Å². The number of nitrogens with one attached hydrogen (secondary N) is 2. The minimum Gasteiger partial charge on any atom is -0.444 e. The molecule has 3 saturated heterocycles. The summed E-state index contributed by atoms with van der Waals surface area (Å²) in [6, 6.07) is 28.3. The highest BCUT2D eigenvalue weighted by molar-refractivity contribution is 7.99. The lowest BCUT2D eigenvalue weighted by Gasteiger charge is -2.44. The lowest BCUT2D eigenvalue weighted by molar-refractivity contribution is -0.384. The molecule has 3 heterocycles. The summed E-state index contributed by atoms with van der Waals surface area (Å²) in [4.78, 5) is 63.8. The fraction of sp³-hybridized carbons (Fsp3) is 0.491. The molecule has 3 amide bonds. The van der Waals surface area contributed by atoms with E-state index in [0.717, 1.165) is 101 Å². The summed E-state index contributed by atoms with van der Waals surface area (Å²) in [7, 11) is -4.50. The Morgan fingerprint density at radius 1 is 0.818 bits per heavy atom. The zero-order valence-electron chi connectivity index (χ0n) is 45.0. The van der Waals surface area contributed by atoms with Crippen LogP contribution in [0.2, 0.25) is 5.02 Å². The van der Waals surface area contributed by atoms with Crippen LogP contribution < -0.4 is 14.9 Å². The number of nitrogens with zero attached hydrogens (tertiary/aromatic N) is 7. The largest absolute Gasteiger partial charge is 0.444 e. The summed E-state index contributed by atoms with van der Waals surface area (Å²) in [5, 5.41) is 16.5. The van der Waals surface area contributed by atoms with Gasteiger partial charge in [0.05, 0.1) is 9.82 Å². The van der Waals surface area contributed by atoms with Gasteiger partial charge in [-0.05, 0) is 124 Å². The summed E-state index contributed by atoms with van der Waals surface area (Å²) in [5.74, 6) is -0.204. The number of halogens is 1. The molecule has 20 heteroatoms. The van der Waals surface area contributed by atoms with E-state index in [-0.39, 0.29) is 34.7 Å². The van der Waals surface area contributed by atoms with E-state index in [4.69, 9.17) is 16.3 Å². The Morgan fingerprint density at radius 2 is 1.45 bits per heavy atom. The number of carbonyl (C=O) groups excluding carboxylic acids is 3. The maximum Gasteiger partial charge on any atom is 0.410 e. The van der Waals surface area contributed by atoms with Crippen LogP contribution in [0.15, 0.2) is 112 Å².